The Morgan fingerprint density at radius 3 is 2.78 bits per heavy atom. The maximum atomic E-state index is 13.0. The van der Waals surface area contributed by atoms with Crippen LogP contribution in [-0.2, 0) is 0 Å². The van der Waals surface area contributed by atoms with Gasteiger partial charge >= 0.3 is 0 Å². The minimum absolute atomic E-state index is 0.296. The second kappa shape index (κ2) is 5.45. The number of nitrogens with zero attached hydrogens (tertiary/aromatic N) is 1. The summed E-state index contributed by atoms with van der Waals surface area (Å²) in [6.07, 6.45) is 1.07. The lowest BCUT2D eigenvalue weighted by Crippen LogP contribution is -2.48. The Morgan fingerprint density at radius 1 is 1.39 bits per heavy atom. The molecule has 0 aliphatic carbocycles. The van der Waals surface area contributed by atoms with E-state index in [1.54, 1.807) is 6.07 Å². The van der Waals surface area contributed by atoms with E-state index in [0.29, 0.717) is 23.0 Å². The van der Waals surface area contributed by atoms with E-state index in [2.05, 4.69) is 31.1 Å². The first-order valence-electron chi connectivity index (χ1n) is 6.39. The van der Waals surface area contributed by atoms with Crippen LogP contribution < -0.4 is 5.32 Å². The van der Waals surface area contributed by atoms with Gasteiger partial charge in [-0.25, -0.2) is 4.39 Å². The molecule has 4 heteroatoms. The Labute approximate surface area is 113 Å². The number of likely N-dealkylation sites (tertiary alicyclic amines) is 1. The quantitative estimate of drug-likeness (QED) is 0.883. The van der Waals surface area contributed by atoms with Crippen LogP contribution in [0.1, 0.15) is 20.3 Å². The first-order valence-corrected chi connectivity index (χ1v) is 6.77. The van der Waals surface area contributed by atoms with Crippen molar-refractivity contribution in [3.05, 3.63) is 29.0 Å². The average Bonchev–Trinajstić information content (AvgIpc) is 2.29. The summed E-state index contributed by atoms with van der Waals surface area (Å²) in [5, 5.41) is 3.90. The van der Waals surface area contributed by atoms with Crippen LogP contribution in [0.2, 0.25) is 5.02 Å². The van der Waals surface area contributed by atoms with E-state index in [9.17, 15) is 4.39 Å². The molecule has 0 spiro atoms. The average molecular weight is 271 g/mol. The third kappa shape index (κ3) is 2.96. The number of anilines is 1. The molecule has 2 nitrogen and oxygen atoms in total. The summed E-state index contributed by atoms with van der Waals surface area (Å²) < 4.78 is 13.0. The highest BCUT2D eigenvalue weighted by atomic mass is 35.5. The molecule has 1 heterocycles. The fraction of sp³-hybridized carbons (Fsp3) is 0.571. The van der Waals surface area contributed by atoms with E-state index < -0.39 is 0 Å². The largest absolute Gasteiger partial charge is 0.381 e. The van der Waals surface area contributed by atoms with Crippen molar-refractivity contribution in [2.24, 2.45) is 5.92 Å². The molecule has 0 saturated carbocycles. The molecule has 0 bridgehead atoms. The number of rotatable bonds is 2. The summed E-state index contributed by atoms with van der Waals surface area (Å²) in [5.74, 6) is 0.252. The molecule has 3 atom stereocenters. The predicted molar refractivity (Wildman–Crippen MR) is 74.7 cm³/mol. The third-order valence-electron chi connectivity index (χ3n) is 3.88. The van der Waals surface area contributed by atoms with Crippen LogP contribution in [-0.4, -0.2) is 30.6 Å². The number of hydrogen-bond acceptors (Lipinski definition) is 2. The minimum atomic E-state index is -0.296. The first kappa shape index (κ1) is 13.6. The molecule has 0 amide bonds. The molecule has 1 saturated heterocycles. The number of halogens is 2. The van der Waals surface area contributed by atoms with Gasteiger partial charge in [-0.1, -0.05) is 18.5 Å². The van der Waals surface area contributed by atoms with Crippen molar-refractivity contribution >= 4 is 17.3 Å². The minimum Gasteiger partial charge on any atom is -0.381 e. The summed E-state index contributed by atoms with van der Waals surface area (Å²) in [6.45, 7) is 5.53. The molecule has 1 aromatic carbocycles. The number of nitrogens with one attached hydrogen (secondary N) is 1. The molecule has 2 rings (SSSR count). The fourth-order valence-corrected chi connectivity index (χ4v) is 2.77. The van der Waals surface area contributed by atoms with E-state index in [0.717, 1.165) is 18.7 Å². The fourth-order valence-electron chi connectivity index (χ4n) is 2.55. The molecule has 100 valence electrons. The van der Waals surface area contributed by atoms with E-state index >= 15 is 0 Å². The standard InChI is InChI=1S/C14H20ClFN2/c1-9-8-18(3)10(2)6-14(9)17-13-5-4-11(16)7-12(13)15/h4-5,7,9-10,14,17H,6,8H2,1-3H3. The van der Waals surface area contributed by atoms with Crippen LogP contribution in [0, 0.1) is 11.7 Å². The Bertz CT molecular complexity index is 424. The van der Waals surface area contributed by atoms with Gasteiger partial charge in [-0.3, -0.25) is 0 Å². The molecule has 0 radical (unpaired) electrons. The molecule has 1 aliphatic rings. The Hall–Kier alpha value is -0.800. The van der Waals surface area contributed by atoms with Gasteiger partial charge in [0.2, 0.25) is 0 Å². The van der Waals surface area contributed by atoms with Gasteiger partial charge in [-0.05, 0) is 44.5 Å². The molecule has 1 fully saturated rings. The normalized spacial score (nSPS) is 29.3. The second-order valence-electron chi connectivity index (χ2n) is 5.38. The van der Waals surface area contributed by atoms with Crippen molar-refractivity contribution in [3.63, 3.8) is 0 Å². The zero-order valence-corrected chi connectivity index (χ0v) is 11.8. The van der Waals surface area contributed by atoms with E-state index in [4.69, 9.17) is 11.6 Å². The van der Waals surface area contributed by atoms with Crippen molar-refractivity contribution in [2.75, 3.05) is 18.9 Å². The number of piperidine rings is 1. The van der Waals surface area contributed by atoms with Gasteiger partial charge < -0.3 is 10.2 Å². The molecule has 1 aliphatic heterocycles. The number of benzene rings is 1. The Kier molecular flexibility index (Phi) is 4.13. The highest BCUT2D eigenvalue weighted by molar-refractivity contribution is 6.33. The molecular weight excluding hydrogens is 251 g/mol. The molecule has 18 heavy (non-hydrogen) atoms. The monoisotopic (exact) mass is 270 g/mol. The van der Waals surface area contributed by atoms with E-state index in [-0.39, 0.29) is 5.82 Å². The van der Waals surface area contributed by atoms with Crippen LogP contribution in [0.25, 0.3) is 0 Å². The summed E-state index contributed by atoms with van der Waals surface area (Å²) in [7, 11) is 2.16. The topological polar surface area (TPSA) is 15.3 Å². The van der Waals surface area contributed by atoms with Crippen molar-refractivity contribution < 1.29 is 4.39 Å². The Morgan fingerprint density at radius 2 is 2.11 bits per heavy atom. The molecule has 1 N–H and O–H groups in total. The lowest BCUT2D eigenvalue weighted by Gasteiger charge is -2.40. The number of hydrogen-bond donors (Lipinski definition) is 1. The highest BCUT2D eigenvalue weighted by Gasteiger charge is 2.29. The SMILES string of the molecule is CC1CN(C)C(C)CC1Nc1ccc(F)cc1Cl. The predicted octanol–water partition coefficient (Wildman–Crippen LogP) is 3.62. The maximum absolute atomic E-state index is 13.0. The van der Waals surface area contributed by atoms with Gasteiger partial charge in [0, 0.05) is 18.6 Å². The van der Waals surface area contributed by atoms with Crippen LogP contribution >= 0.6 is 11.6 Å². The highest BCUT2D eigenvalue weighted by Crippen LogP contribution is 2.28. The zero-order chi connectivity index (χ0) is 13.3. The summed E-state index contributed by atoms with van der Waals surface area (Å²) in [6, 6.07) is 5.45. The summed E-state index contributed by atoms with van der Waals surface area (Å²) in [5.41, 5.74) is 0.826. The van der Waals surface area contributed by atoms with Crippen LogP contribution in [0.15, 0.2) is 18.2 Å². The van der Waals surface area contributed by atoms with Gasteiger partial charge in [-0.15, -0.1) is 0 Å². The van der Waals surface area contributed by atoms with E-state index in [1.165, 1.54) is 12.1 Å². The smallest absolute Gasteiger partial charge is 0.124 e. The molecular formula is C14H20ClFN2. The van der Waals surface area contributed by atoms with Crippen molar-refractivity contribution in [1.82, 2.24) is 4.90 Å². The van der Waals surface area contributed by atoms with Gasteiger partial charge in [0.05, 0.1) is 10.7 Å². The van der Waals surface area contributed by atoms with Crippen molar-refractivity contribution in [3.8, 4) is 0 Å². The lowest BCUT2D eigenvalue weighted by atomic mass is 9.89. The van der Waals surface area contributed by atoms with Gasteiger partial charge in [0.1, 0.15) is 5.82 Å². The zero-order valence-electron chi connectivity index (χ0n) is 11.1. The molecule has 0 aromatic heterocycles. The maximum Gasteiger partial charge on any atom is 0.124 e. The first-order chi connectivity index (χ1) is 8.47. The van der Waals surface area contributed by atoms with Crippen LogP contribution in [0.4, 0.5) is 10.1 Å². The Balaban J connectivity index is 2.08. The summed E-state index contributed by atoms with van der Waals surface area (Å²) >= 11 is 6.05. The van der Waals surface area contributed by atoms with Gasteiger partial charge in [0.25, 0.3) is 0 Å². The van der Waals surface area contributed by atoms with Crippen molar-refractivity contribution in [1.29, 1.82) is 0 Å². The van der Waals surface area contributed by atoms with Crippen LogP contribution in [0.3, 0.4) is 0 Å². The molecule has 3 unspecified atom stereocenters. The van der Waals surface area contributed by atoms with Crippen molar-refractivity contribution in [2.45, 2.75) is 32.4 Å². The van der Waals surface area contributed by atoms with Gasteiger partial charge in [0.15, 0.2) is 0 Å². The lowest BCUT2D eigenvalue weighted by molar-refractivity contribution is 0.145. The van der Waals surface area contributed by atoms with Gasteiger partial charge in [-0.2, -0.15) is 0 Å². The van der Waals surface area contributed by atoms with Crippen LogP contribution in [0.5, 0.6) is 0 Å². The second-order valence-corrected chi connectivity index (χ2v) is 5.78. The summed E-state index contributed by atoms with van der Waals surface area (Å²) in [4.78, 5) is 2.37. The third-order valence-corrected chi connectivity index (χ3v) is 4.20. The van der Waals surface area contributed by atoms with E-state index in [1.807, 2.05) is 0 Å². The molecule has 1 aromatic rings.